The average Bonchev–Trinajstić information content (AvgIpc) is 2.70. The summed E-state index contributed by atoms with van der Waals surface area (Å²) in [5.74, 6) is 0.247. The van der Waals surface area contributed by atoms with E-state index in [-0.39, 0.29) is 5.91 Å². The first-order valence-electron chi connectivity index (χ1n) is 6.30. The number of fused-ring (bicyclic) bond motifs is 1. The molecule has 0 fully saturated rings. The molecular weight excluding hydrogens is 240 g/mol. The minimum absolute atomic E-state index is 0.165. The number of carbonyl (C=O) groups excluding carboxylic acids is 1. The Morgan fingerprint density at radius 2 is 2.32 bits per heavy atom. The molecule has 1 unspecified atom stereocenters. The van der Waals surface area contributed by atoms with Gasteiger partial charge in [-0.2, -0.15) is 5.10 Å². The second kappa shape index (κ2) is 4.42. The van der Waals surface area contributed by atoms with Crippen LogP contribution >= 0.6 is 0 Å². The second-order valence-corrected chi connectivity index (χ2v) is 4.88. The van der Waals surface area contributed by atoms with Crippen LogP contribution in [0.15, 0.2) is 30.5 Å². The third-order valence-corrected chi connectivity index (χ3v) is 3.65. The van der Waals surface area contributed by atoms with Crippen LogP contribution in [0.2, 0.25) is 0 Å². The molecule has 5 nitrogen and oxygen atoms in total. The van der Waals surface area contributed by atoms with E-state index in [9.17, 15) is 4.79 Å². The summed E-state index contributed by atoms with van der Waals surface area (Å²) in [5, 5.41) is 6.90. The molecular formula is C14H16N4O. The molecule has 98 valence electrons. The maximum atomic E-state index is 12.1. The van der Waals surface area contributed by atoms with Crippen molar-refractivity contribution in [2.75, 3.05) is 12.3 Å². The standard InChI is InChI=1S/C14H16N4O/c1-18-13(12(15)8-17-18)14(19)16-7-10-6-9-4-2-3-5-11(9)10/h2-5,8,10H,6-7,15H2,1H3,(H,16,19). The van der Waals surface area contributed by atoms with Crippen LogP contribution in [-0.2, 0) is 13.5 Å². The number of anilines is 1. The zero-order chi connectivity index (χ0) is 13.4. The van der Waals surface area contributed by atoms with Crippen molar-refractivity contribution in [2.24, 2.45) is 7.05 Å². The van der Waals surface area contributed by atoms with E-state index in [2.05, 4.69) is 22.5 Å². The Morgan fingerprint density at radius 3 is 3.00 bits per heavy atom. The van der Waals surface area contributed by atoms with Crippen molar-refractivity contribution in [2.45, 2.75) is 12.3 Å². The SMILES string of the molecule is Cn1ncc(N)c1C(=O)NCC1Cc2ccccc21. The van der Waals surface area contributed by atoms with E-state index in [1.165, 1.54) is 22.0 Å². The molecule has 0 saturated carbocycles. The zero-order valence-electron chi connectivity index (χ0n) is 10.8. The third kappa shape index (κ3) is 1.97. The topological polar surface area (TPSA) is 72.9 Å². The summed E-state index contributed by atoms with van der Waals surface area (Å²) in [7, 11) is 1.71. The molecule has 1 aliphatic rings. The summed E-state index contributed by atoms with van der Waals surface area (Å²) < 4.78 is 1.50. The van der Waals surface area contributed by atoms with Crippen molar-refractivity contribution in [3.8, 4) is 0 Å². The summed E-state index contributed by atoms with van der Waals surface area (Å²) >= 11 is 0. The van der Waals surface area contributed by atoms with E-state index in [4.69, 9.17) is 5.73 Å². The number of benzene rings is 1. The molecule has 0 bridgehead atoms. The molecule has 1 atom stereocenters. The molecule has 1 aromatic heterocycles. The summed E-state index contributed by atoms with van der Waals surface area (Å²) in [4.78, 5) is 12.1. The Bertz CT molecular complexity index is 613. The van der Waals surface area contributed by atoms with Crippen molar-refractivity contribution < 1.29 is 4.79 Å². The van der Waals surface area contributed by atoms with Gasteiger partial charge in [0.25, 0.3) is 5.91 Å². The first-order valence-corrected chi connectivity index (χ1v) is 6.30. The summed E-state index contributed by atoms with van der Waals surface area (Å²) in [6.07, 6.45) is 2.52. The van der Waals surface area contributed by atoms with Crippen LogP contribution in [0.5, 0.6) is 0 Å². The van der Waals surface area contributed by atoms with E-state index in [0.717, 1.165) is 6.42 Å². The number of hydrogen-bond donors (Lipinski definition) is 2. The van der Waals surface area contributed by atoms with Gasteiger partial charge in [-0.25, -0.2) is 0 Å². The van der Waals surface area contributed by atoms with Gasteiger partial charge in [-0.1, -0.05) is 24.3 Å². The van der Waals surface area contributed by atoms with Crippen LogP contribution in [0.25, 0.3) is 0 Å². The molecule has 0 saturated heterocycles. The minimum atomic E-state index is -0.165. The zero-order valence-corrected chi connectivity index (χ0v) is 10.8. The Labute approximate surface area is 111 Å². The molecule has 19 heavy (non-hydrogen) atoms. The number of nitrogens with zero attached hydrogens (tertiary/aromatic N) is 2. The first kappa shape index (κ1) is 11.8. The number of rotatable bonds is 3. The molecule has 1 aromatic carbocycles. The lowest BCUT2D eigenvalue weighted by atomic mass is 9.77. The van der Waals surface area contributed by atoms with E-state index in [1.807, 2.05) is 12.1 Å². The summed E-state index contributed by atoms with van der Waals surface area (Å²) in [6.45, 7) is 0.639. The fourth-order valence-corrected chi connectivity index (χ4v) is 2.58. The lowest BCUT2D eigenvalue weighted by Gasteiger charge is -2.30. The monoisotopic (exact) mass is 256 g/mol. The number of hydrogen-bond acceptors (Lipinski definition) is 3. The predicted molar refractivity (Wildman–Crippen MR) is 72.8 cm³/mol. The fraction of sp³-hybridized carbons (Fsp3) is 0.286. The Hall–Kier alpha value is -2.30. The van der Waals surface area contributed by atoms with Crippen LogP contribution in [0.3, 0.4) is 0 Å². The Balaban J connectivity index is 1.64. The summed E-state index contributed by atoms with van der Waals surface area (Å²) in [6, 6.07) is 8.33. The highest BCUT2D eigenvalue weighted by atomic mass is 16.2. The predicted octanol–water partition coefficient (Wildman–Crippen LogP) is 1.07. The van der Waals surface area contributed by atoms with Gasteiger partial charge in [0.05, 0.1) is 11.9 Å². The number of aromatic nitrogens is 2. The van der Waals surface area contributed by atoms with Gasteiger partial charge < -0.3 is 11.1 Å². The van der Waals surface area contributed by atoms with Crippen LogP contribution in [0.1, 0.15) is 27.5 Å². The van der Waals surface area contributed by atoms with Crippen LogP contribution in [0.4, 0.5) is 5.69 Å². The fourth-order valence-electron chi connectivity index (χ4n) is 2.58. The molecule has 1 heterocycles. The molecule has 0 aliphatic heterocycles. The van der Waals surface area contributed by atoms with Crippen molar-refractivity contribution in [3.05, 3.63) is 47.3 Å². The highest BCUT2D eigenvalue weighted by molar-refractivity contribution is 5.97. The van der Waals surface area contributed by atoms with Gasteiger partial charge in [-0.05, 0) is 17.5 Å². The van der Waals surface area contributed by atoms with Gasteiger partial charge >= 0.3 is 0 Å². The lowest BCUT2D eigenvalue weighted by molar-refractivity contribution is 0.0941. The number of nitrogens with two attached hydrogens (primary N) is 1. The van der Waals surface area contributed by atoms with E-state index >= 15 is 0 Å². The van der Waals surface area contributed by atoms with Crippen molar-refractivity contribution >= 4 is 11.6 Å². The van der Waals surface area contributed by atoms with Gasteiger partial charge in [-0.15, -0.1) is 0 Å². The number of nitrogens with one attached hydrogen (secondary N) is 1. The van der Waals surface area contributed by atoms with Crippen molar-refractivity contribution in [1.29, 1.82) is 0 Å². The highest BCUT2D eigenvalue weighted by Gasteiger charge is 2.26. The number of carbonyl (C=O) groups is 1. The molecule has 0 radical (unpaired) electrons. The maximum Gasteiger partial charge on any atom is 0.271 e. The maximum absolute atomic E-state index is 12.1. The number of amides is 1. The largest absolute Gasteiger partial charge is 0.396 e. The smallest absolute Gasteiger partial charge is 0.271 e. The van der Waals surface area contributed by atoms with Crippen molar-refractivity contribution in [1.82, 2.24) is 15.1 Å². The van der Waals surface area contributed by atoms with Crippen LogP contribution in [-0.4, -0.2) is 22.2 Å². The molecule has 5 heteroatoms. The first-order chi connectivity index (χ1) is 9.16. The Morgan fingerprint density at radius 1 is 1.53 bits per heavy atom. The van der Waals surface area contributed by atoms with Gasteiger partial charge in [-0.3, -0.25) is 9.48 Å². The minimum Gasteiger partial charge on any atom is -0.396 e. The summed E-state index contributed by atoms with van der Waals surface area (Å²) in [5.41, 5.74) is 9.27. The van der Waals surface area contributed by atoms with Gasteiger partial charge in [0, 0.05) is 19.5 Å². The highest BCUT2D eigenvalue weighted by Crippen LogP contribution is 2.34. The molecule has 3 rings (SSSR count). The number of nitrogen functional groups attached to an aromatic ring is 1. The van der Waals surface area contributed by atoms with E-state index in [1.54, 1.807) is 7.05 Å². The van der Waals surface area contributed by atoms with Crippen LogP contribution < -0.4 is 11.1 Å². The Kier molecular flexibility index (Phi) is 2.74. The molecule has 2 aromatic rings. The molecule has 1 amide bonds. The normalized spacial score (nSPS) is 16.6. The average molecular weight is 256 g/mol. The van der Waals surface area contributed by atoms with Crippen molar-refractivity contribution in [3.63, 3.8) is 0 Å². The lowest BCUT2D eigenvalue weighted by Crippen LogP contribution is -2.34. The van der Waals surface area contributed by atoms with E-state index in [0.29, 0.717) is 23.8 Å². The van der Waals surface area contributed by atoms with Gasteiger partial charge in [0.2, 0.25) is 0 Å². The second-order valence-electron chi connectivity index (χ2n) is 4.88. The number of aryl methyl sites for hydroxylation is 1. The third-order valence-electron chi connectivity index (χ3n) is 3.65. The quantitative estimate of drug-likeness (QED) is 0.862. The molecule has 1 aliphatic carbocycles. The van der Waals surface area contributed by atoms with Gasteiger partial charge in [0.1, 0.15) is 5.69 Å². The molecule has 0 spiro atoms. The van der Waals surface area contributed by atoms with E-state index < -0.39 is 0 Å². The molecule has 3 N–H and O–H groups in total. The van der Waals surface area contributed by atoms with Crippen LogP contribution in [0, 0.1) is 0 Å². The van der Waals surface area contributed by atoms with Gasteiger partial charge in [0.15, 0.2) is 0 Å².